The number of rotatable bonds is 4. The molecule has 2 rings (SSSR count). The predicted molar refractivity (Wildman–Crippen MR) is 67.5 cm³/mol. The Balaban J connectivity index is 2.29. The smallest absolute Gasteiger partial charge is 0.0999 e. The molecule has 90 valence electrons. The van der Waals surface area contributed by atoms with Crippen LogP contribution in [0, 0.1) is 5.92 Å². The normalized spacial score (nSPS) is 14.8. The van der Waals surface area contributed by atoms with Crippen molar-refractivity contribution in [2.75, 3.05) is 0 Å². The lowest BCUT2D eigenvalue weighted by Crippen LogP contribution is -2.21. The molecule has 0 saturated carbocycles. The zero-order valence-electron chi connectivity index (χ0n) is 10.2. The van der Waals surface area contributed by atoms with Gasteiger partial charge in [-0.3, -0.25) is 0 Å². The van der Waals surface area contributed by atoms with Gasteiger partial charge in [0.1, 0.15) is 0 Å². The molecule has 3 nitrogen and oxygen atoms in total. The van der Waals surface area contributed by atoms with Crippen molar-refractivity contribution in [3.05, 3.63) is 54.6 Å². The van der Waals surface area contributed by atoms with Crippen LogP contribution in [0.2, 0.25) is 0 Å². The number of nitrogens with zero attached hydrogens (tertiary/aromatic N) is 2. The van der Waals surface area contributed by atoms with Crippen molar-refractivity contribution in [1.82, 2.24) is 9.55 Å². The van der Waals surface area contributed by atoms with Gasteiger partial charge >= 0.3 is 0 Å². The van der Waals surface area contributed by atoms with Crippen molar-refractivity contribution < 1.29 is 5.11 Å². The molecule has 17 heavy (non-hydrogen) atoms. The van der Waals surface area contributed by atoms with Crippen LogP contribution in [0.5, 0.6) is 0 Å². The van der Waals surface area contributed by atoms with E-state index in [1.165, 1.54) is 0 Å². The molecule has 0 aliphatic carbocycles. The van der Waals surface area contributed by atoms with Crippen LogP contribution in [0.15, 0.2) is 49.1 Å². The summed E-state index contributed by atoms with van der Waals surface area (Å²) < 4.78 is 1.97. The lowest BCUT2D eigenvalue weighted by Gasteiger charge is -2.27. The minimum atomic E-state index is -0.509. The molecule has 0 bridgehead atoms. The van der Waals surface area contributed by atoms with Gasteiger partial charge in [0.25, 0.3) is 0 Å². The zero-order valence-corrected chi connectivity index (χ0v) is 10.2. The molecule has 0 amide bonds. The molecular formula is C14H18N2O. The lowest BCUT2D eigenvalue weighted by molar-refractivity contribution is 0.0872. The van der Waals surface area contributed by atoms with Crippen LogP contribution in [0.1, 0.15) is 31.6 Å². The summed E-state index contributed by atoms with van der Waals surface area (Å²) in [5.41, 5.74) is 0.944. The van der Waals surface area contributed by atoms with Crippen LogP contribution in [-0.4, -0.2) is 14.7 Å². The Hall–Kier alpha value is -1.61. The molecular weight excluding hydrogens is 212 g/mol. The highest BCUT2D eigenvalue weighted by atomic mass is 16.3. The van der Waals surface area contributed by atoms with Crippen LogP contribution < -0.4 is 0 Å². The Morgan fingerprint density at radius 1 is 1.18 bits per heavy atom. The molecule has 1 aromatic heterocycles. The van der Waals surface area contributed by atoms with Crippen LogP contribution in [0.25, 0.3) is 0 Å². The van der Waals surface area contributed by atoms with Crippen LogP contribution in [0.4, 0.5) is 0 Å². The summed E-state index contributed by atoms with van der Waals surface area (Å²) in [6, 6.07) is 9.78. The Morgan fingerprint density at radius 2 is 1.88 bits per heavy atom. The highest BCUT2D eigenvalue weighted by molar-refractivity contribution is 5.18. The molecule has 0 spiro atoms. The SMILES string of the molecule is CC(C)C(C(O)c1ccccc1)n1ccnc1. The van der Waals surface area contributed by atoms with Crippen LogP contribution in [0.3, 0.4) is 0 Å². The van der Waals surface area contributed by atoms with Gasteiger partial charge in [0.2, 0.25) is 0 Å². The number of hydrogen-bond acceptors (Lipinski definition) is 2. The van der Waals surface area contributed by atoms with Gasteiger partial charge in [-0.2, -0.15) is 0 Å². The van der Waals surface area contributed by atoms with Crippen molar-refractivity contribution in [2.24, 2.45) is 5.92 Å². The lowest BCUT2D eigenvalue weighted by atomic mass is 9.93. The quantitative estimate of drug-likeness (QED) is 0.877. The van der Waals surface area contributed by atoms with Gasteiger partial charge < -0.3 is 9.67 Å². The summed E-state index contributed by atoms with van der Waals surface area (Å²) >= 11 is 0. The van der Waals surface area contributed by atoms with E-state index in [2.05, 4.69) is 18.8 Å². The molecule has 3 heteroatoms. The maximum Gasteiger partial charge on any atom is 0.0999 e. The average molecular weight is 230 g/mol. The first-order valence-electron chi connectivity index (χ1n) is 5.90. The molecule has 0 aliphatic heterocycles. The fraction of sp³-hybridized carbons (Fsp3) is 0.357. The van der Waals surface area contributed by atoms with E-state index in [4.69, 9.17) is 0 Å². The standard InChI is InChI=1S/C14H18N2O/c1-11(2)13(16-9-8-15-10-16)14(17)12-6-4-3-5-7-12/h3-11,13-14,17H,1-2H3. The second kappa shape index (κ2) is 5.15. The number of aliphatic hydroxyl groups is 1. The zero-order chi connectivity index (χ0) is 12.3. The molecule has 0 fully saturated rings. The van der Waals surface area contributed by atoms with E-state index in [0.29, 0.717) is 5.92 Å². The number of hydrogen-bond donors (Lipinski definition) is 1. The van der Waals surface area contributed by atoms with Crippen molar-refractivity contribution >= 4 is 0 Å². The fourth-order valence-electron chi connectivity index (χ4n) is 2.17. The van der Waals surface area contributed by atoms with E-state index in [1.54, 1.807) is 12.5 Å². The third-order valence-corrected chi connectivity index (χ3v) is 3.02. The second-order valence-corrected chi connectivity index (χ2v) is 4.60. The van der Waals surface area contributed by atoms with Crippen LogP contribution >= 0.6 is 0 Å². The Bertz CT molecular complexity index is 437. The highest BCUT2D eigenvalue weighted by Crippen LogP contribution is 2.31. The van der Waals surface area contributed by atoms with Gasteiger partial charge in [0, 0.05) is 12.4 Å². The van der Waals surface area contributed by atoms with E-state index in [-0.39, 0.29) is 6.04 Å². The largest absolute Gasteiger partial charge is 0.386 e. The Kier molecular flexibility index (Phi) is 3.59. The number of aromatic nitrogens is 2. The minimum absolute atomic E-state index is 0.0138. The summed E-state index contributed by atoms with van der Waals surface area (Å²) in [5, 5.41) is 10.5. The fourth-order valence-corrected chi connectivity index (χ4v) is 2.17. The molecule has 2 unspecified atom stereocenters. The molecule has 2 aromatic rings. The van der Waals surface area contributed by atoms with E-state index >= 15 is 0 Å². The molecule has 1 heterocycles. The average Bonchev–Trinajstić information content (AvgIpc) is 2.83. The summed E-state index contributed by atoms with van der Waals surface area (Å²) in [7, 11) is 0. The summed E-state index contributed by atoms with van der Waals surface area (Å²) in [4.78, 5) is 4.05. The molecule has 0 saturated heterocycles. The third-order valence-electron chi connectivity index (χ3n) is 3.02. The van der Waals surface area contributed by atoms with Gasteiger partial charge in [-0.25, -0.2) is 4.98 Å². The Morgan fingerprint density at radius 3 is 2.41 bits per heavy atom. The summed E-state index contributed by atoms with van der Waals surface area (Å²) in [5.74, 6) is 0.333. The van der Waals surface area contributed by atoms with E-state index in [1.807, 2.05) is 41.1 Å². The van der Waals surface area contributed by atoms with Crippen molar-refractivity contribution in [1.29, 1.82) is 0 Å². The second-order valence-electron chi connectivity index (χ2n) is 4.60. The molecule has 2 atom stereocenters. The number of imidazole rings is 1. The van der Waals surface area contributed by atoms with E-state index in [0.717, 1.165) is 5.56 Å². The molecule has 1 aromatic carbocycles. The topological polar surface area (TPSA) is 38.0 Å². The Labute approximate surface area is 102 Å². The molecule has 0 aliphatic rings. The monoisotopic (exact) mass is 230 g/mol. The minimum Gasteiger partial charge on any atom is -0.386 e. The maximum atomic E-state index is 10.5. The van der Waals surface area contributed by atoms with Crippen molar-refractivity contribution in [3.63, 3.8) is 0 Å². The highest BCUT2D eigenvalue weighted by Gasteiger charge is 2.25. The van der Waals surface area contributed by atoms with Crippen molar-refractivity contribution in [3.8, 4) is 0 Å². The first-order chi connectivity index (χ1) is 8.20. The summed E-state index contributed by atoms with van der Waals surface area (Å²) in [6.07, 6.45) is 4.89. The van der Waals surface area contributed by atoms with E-state index < -0.39 is 6.10 Å². The first-order valence-corrected chi connectivity index (χ1v) is 5.90. The molecule has 0 radical (unpaired) electrons. The predicted octanol–water partition coefficient (Wildman–Crippen LogP) is 2.81. The first kappa shape index (κ1) is 11.9. The van der Waals surface area contributed by atoms with Gasteiger partial charge in [-0.05, 0) is 11.5 Å². The van der Waals surface area contributed by atoms with Gasteiger partial charge in [-0.1, -0.05) is 44.2 Å². The van der Waals surface area contributed by atoms with Gasteiger partial charge in [0.05, 0.1) is 18.5 Å². The number of benzene rings is 1. The van der Waals surface area contributed by atoms with Gasteiger partial charge in [-0.15, -0.1) is 0 Å². The maximum absolute atomic E-state index is 10.5. The van der Waals surface area contributed by atoms with Gasteiger partial charge in [0.15, 0.2) is 0 Å². The molecule has 1 N–H and O–H groups in total. The van der Waals surface area contributed by atoms with Crippen LogP contribution in [-0.2, 0) is 0 Å². The number of aliphatic hydroxyl groups excluding tert-OH is 1. The van der Waals surface area contributed by atoms with Crippen molar-refractivity contribution in [2.45, 2.75) is 26.0 Å². The third kappa shape index (κ3) is 2.56. The van der Waals surface area contributed by atoms with E-state index in [9.17, 15) is 5.11 Å². The summed E-state index contributed by atoms with van der Waals surface area (Å²) in [6.45, 7) is 4.22.